The smallest absolute Gasteiger partial charge is 0.414 e. The number of anilines is 4. The number of nitrogens with two attached hydrogens (primary N) is 3. The van der Waals surface area contributed by atoms with Crippen molar-refractivity contribution in [2.45, 2.75) is 143 Å². The molecule has 5 aliphatic rings. The molecule has 130 heavy (non-hydrogen) atoms. The molecule has 36 nitrogen and oxygen atoms in total. The van der Waals surface area contributed by atoms with Crippen LogP contribution in [0.5, 0.6) is 58.1 Å². The van der Waals surface area contributed by atoms with E-state index in [0.29, 0.717) is 99.9 Å². The van der Waals surface area contributed by atoms with Gasteiger partial charge in [-0.15, -0.1) is 30.2 Å². The Morgan fingerprint density at radius 2 is 0.762 bits per heavy atom. The van der Waals surface area contributed by atoms with Gasteiger partial charge in [0.05, 0.1) is 68.2 Å². The van der Waals surface area contributed by atoms with Crippen molar-refractivity contribution in [2.75, 3.05) is 35.5 Å². The van der Waals surface area contributed by atoms with E-state index in [4.69, 9.17) is 169 Å². The van der Waals surface area contributed by atoms with E-state index in [2.05, 4.69) is 76.2 Å². The SMILES string of the molecule is C.CC1CCc2c(Oc3c(Cl)cc(N)cc3Cl)n[nH]c(=O)c21.CCOC(=O)NC(=O)/C(C#N)=N/Nc1cc(Cl)c(Oc2n[nH]c(=O)c3c2CC[C@H]3C)c(Cl)c1.CSF.C[C@@H]1CCc2c(Oc3c(Cl)cc(N)cc3Cl)n[nH]c(=O)c21.C[C@H]1CCc2c(Oc3c(Cl)cc(N)cc3Cl)n[nH]c(=O)c21.[C-]#[N+]c1nn(-c2cc(Cl)c(Oc3n[nH]c(=O)c4c3CC[C@H]4C)c(Cl)c2)c(=O)[nH]c1=O. The van der Waals surface area contributed by atoms with E-state index in [1.165, 1.54) is 30.5 Å². The third kappa shape index (κ3) is 23.1. The number of carbonyl (C=O) groups is 2. The summed E-state index contributed by atoms with van der Waals surface area (Å²) < 4.78 is 44.4. The molecule has 0 fully saturated rings. The van der Waals surface area contributed by atoms with Crippen molar-refractivity contribution in [3.05, 3.63) is 251 Å². The molecule has 5 aliphatic carbocycles. The zero-order valence-electron chi connectivity index (χ0n) is 68.3. The largest absolute Gasteiger partial charge is 0.450 e. The molecule has 0 spiro atoms. The number of aromatic nitrogens is 13. The number of nitrogens with zero attached hydrogens (tertiary/aromatic N) is 10. The quantitative estimate of drug-likeness (QED) is 0.0196. The van der Waals surface area contributed by atoms with Crippen LogP contribution in [0.3, 0.4) is 0 Å². The number of carbonyl (C=O) groups excluding carboxylic acids is 2. The molecule has 0 saturated carbocycles. The summed E-state index contributed by atoms with van der Waals surface area (Å²) >= 11 is 62.1. The fourth-order valence-electron chi connectivity index (χ4n) is 14.4. The molecule has 11 aromatic rings. The van der Waals surface area contributed by atoms with E-state index in [0.717, 1.165) is 89.4 Å². The number of amides is 2. The number of halogens is 11. The highest BCUT2D eigenvalue weighted by Crippen LogP contribution is 2.48. The molecule has 16 rings (SSSR count). The highest BCUT2D eigenvalue weighted by atomic mass is 35.5. The Balaban J connectivity index is 0.000000169. The number of rotatable bonds is 15. The summed E-state index contributed by atoms with van der Waals surface area (Å²) in [5.41, 5.74) is 25.1. The fraction of sp³-hybridized carbons (Fsp3) is 0.293. The van der Waals surface area contributed by atoms with Crippen molar-refractivity contribution >= 4 is 174 Å². The van der Waals surface area contributed by atoms with Crippen molar-refractivity contribution in [1.82, 2.24) is 71.1 Å². The van der Waals surface area contributed by atoms with E-state index in [1.54, 1.807) is 49.4 Å². The molecule has 6 heterocycles. The molecule has 14 N–H and O–H groups in total. The first-order valence-corrected chi connectivity index (χ1v) is 43.4. The second-order valence-electron chi connectivity index (χ2n) is 29.0. The summed E-state index contributed by atoms with van der Waals surface area (Å²) in [7, 11) is 0. The monoisotopic (exact) mass is 2000 g/mol. The molecular formula is C82H76Cl10FN21O15S. The van der Waals surface area contributed by atoms with Crippen molar-refractivity contribution in [3.63, 3.8) is 0 Å². The number of ether oxygens (including phenoxy) is 6. The molecule has 48 heteroatoms. The molecule has 0 aliphatic heterocycles. The van der Waals surface area contributed by atoms with Gasteiger partial charge in [-0.05, 0) is 166 Å². The highest BCUT2D eigenvalue weighted by Gasteiger charge is 2.34. The number of hydrazone groups is 1. The molecule has 5 aromatic carbocycles. The topological polar surface area (TPSA) is 529 Å². The Hall–Kier alpha value is -11.9. The first-order valence-electron chi connectivity index (χ1n) is 38.5. The minimum Gasteiger partial charge on any atom is -0.450 e. The lowest BCUT2D eigenvalue weighted by atomic mass is 10.1. The van der Waals surface area contributed by atoms with Gasteiger partial charge in [0.1, 0.15) is 6.07 Å². The lowest BCUT2D eigenvalue weighted by molar-refractivity contribution is -0.114. The average molecular weight is 2000 g/mol. The van der Waals surface area contributed by atoms with Crippen LogP contribution < -0.4 is 90.7 Å². The van der Waals surface area contributed by atoms with Crippen molar-refractivity contribution in [2.24, 2.45) is 5.10 Å². The fourth-order valence-corrected chi connectivity index (χ4v) is 17.2. The number of alkyl carbamates (subject to hydrolysis) is 1. The zero-order valence-corrected chi connectivity index (χ0v) is 76.7. The minimum atomic E-state index is -1.05. The van der Waals surface area contributed by atoms with Gasteiger partial charge in [0, 0.05) is 91.1 Å². The van der Waals surface area contributed by atoms with Crippen LogP contribution in [0.1, 0.15) is 166 Å². The Morgan fingerprint density at radius 3 is 1.02 bits per heavy atom. The van der Waals surface area contributed by atoms with Gasteiger partial charge < -0.3 is 50.5 Å². The van der Waals surface area contributed by atoms with Crippen LogP contribution >= 0.6 is 128 Å². The summed E-state index contributed by atoms with van der Waals surface area (Å²) in [6.07, 6.45) is 8.14. The van der Waals surface area contributed by atoms with E-state index in [1.807, 2.05) is 44.9 Å². The highest BCUT2D eigenvalue weighted by molar-refractivity contribution is 7.93. The van der Waals surface area contributed by atoms with Gasteiger partial charge in [0.2, 0.25) is 35.1 Å². The Morgan fingerprint density at radius 1 is 0.500 bits per heavy atom. The lowest BCUT2D eigenvalue weighted by Gasteiger charge is -2.13. The van der Waals surface area contributed by atoms with Crippen LogP contribution in [0.2, 0.25) is 50.2 Å². The maximum absolute atomic E-state index is 12.1. The van der Waals surface area contributed by atoms with Gasteiger partial charge in [-0.1, -0.05) is 165 Å². The Labute approximate surface area is 790 Å². The molecule has 5 atom stereocenters. The number of hydrogen-bond donors (Lipinski definition) is 11. The summed E-state index contributed by atoms with van der Waals surface area (Å²) in [5, 5.41) is 52.5. The molecule has 0 radical (unpaired) electrons. The van der Waals surface area contributed by atoms with Crippen molar-refractivity contribution in [1.29, 1.82) is 5.26 Å². The number of aromatic amines is 6. The number of nitrogen functional groups attached to an aromatic ring is 3. The second-order valence-corrected chi connectivity index (χ2v) is 33.4. The van der Waals surface area contributed by atoms with Crippen LogP contribution in [0.15, 0.2) is 99.3 Å². The molecule has 0 bridgehead atoms. The van der Waals surface area contributed by atoms with E-state index in [9.17, 15) is 47.0 Å². The van der Waals surface area contributed by atoms with Crippen LogP contribution in [0, 0.1) is 17.9 Å². The van der Waals surface area contributed by atoms with Gasteiger partial charge in [-0.2, -0.15) is 14.2 Å². The van der Waals surface area contributed by atoms with E-state index < -0.39 is 34.8 Å². The number of H-pyrrole nitrogens is 6. The second kappa shape index (κ2) is 44.1. The molecule has 2 amide bonds. The number of hydrogen-bond acceptors (Lipinski definition) is 28. The minimum absolute atomic E-state index is 0. The van der Waals surface area contributed by atoms with E-state index >= 15 is 0 Å². The molecule has 1 unspecified atom stereocenters. The summed E-state index contributed by atoms with van der Waals surface area (Å²) in [5.74, 6) is 1.61. The Bertz CT molecular complexity index is 6400. The molecule has 6 aromatic heterocycles. The number of nitrogens with one attached hydrogen (secondary N) is 8. The third-order valence-corrected chi connectivity index (χ3v) is 23.1. The van der Waals surface area contributed by atoms with Gasteiger partial charge in [-0.3, -0.25) is 49.3 Å². The van der Waals surface area contributed by atoms with Gasteiger partial charge in [-0.25, -0.2) is 35.1 Å². The first-order chi connectivity index (χ1) is 61.4. The third-order valence-electron chi connectivity index (χ3n) is 20.3. The van der Waals surface area contributed by atoms with Crippen LogP contribution in [0.25, 0.3) is 10.5 Å². The van der Waals surface area contributed by atoms with Crippen molar-refractivity contribution in [3.8, 4) is 69.9 Å². The average Bonchev–Trinajstić information content (AvgIpc) is 1.49. The number of benzene rings is 5. The van der Waals surface area contributed by atoms with Gasteiger partial charge >= 0.3 is 17.6 Å². The zero-order chi connectivity index (χ0) is 93.8. The maximum Gasteiger partial charge on any atom is 0.414 e. The molecule has 0 saturated heterocycles. The summed E-state index contributed by atoms with van der Waals surface area (Å²) in [6, 6.07) is 16.4. The predicted molar refractivity (Wildman–Crippen MR) is 497 cm³/mol. The van der Waals surface area contributed by atoms with Gasteiger partial charge in [0.15, 0.2) is 28.7 Å². The standard InChI is InChI=1S/C20H18Cl2N6O5.C18H12Cl2N6O4.3C14H13Cl2N3O2.CH3FS.CH4/c1-3-32-20(31)24-17(29)14(8-23)26-25-10-6-12(21)16(13(22)7-10)33-19-11-5-4-9(2)15(11)18(30)27-28-19;1-7-3-4-9-12(7)15(27)23-24-17(9)30-13-10(19)5-8(6-11(13)20)26-18(29)22-16(28)14(21-2)25-26;3*1-6-2-3-8-11(6)13(20)18-19-14(8)21-12-9(15)4-7(17)5-10(12)16;1-3-2;/h6-7,9,25H,3-5H2,1-2H3,(H,27,30)(H,24,29,31);5-7H,3-4H2,1H3,(H,23,27)(H,22,28,29);3*4-6H,2-3,17H2,1H3,(H,18,20);1H3;1H4/b26-14+;;;;;;/t9-;7-;2*6-;;;/m1110.../s1. The van der Waals surface area contributed by atoms with Crippen LogP contribution in [0.4, 0.5) is 37.2 Å². The molecular weight excluding hydrogens is 1920 g/mol. The Kier molecular flexibility index (Phi) is 34.0. The summed E-state index contributed by atoms with van der Waals surface area (Å²) in [4.78, 5) is 112. The van der Waals surface area contributed by atoms with Gasteiger partial charge in [0.25, 0.3) is 39.3 Å². The predicted octanol–water partition coefficient (Wildman–Crippen LogP) is 18.6. The number of fused-ring (bicyclic) bond motifs is 5. The number of imide groups is 1. The normalized spacial score (nSPS) is 15.5. The maximum atomic E-state index is 12.1. The lowest BCUT2D eigenvalue weighted by Crippen LogP contribution is -2.36. The van der Waals surface area contributed by atoms with Crippen LogP contribution in [-0.2, 0) is 41.6 Å². The van der Waals surface area contributed by atoms with Crippen molar-refractivity contribution < 1.29 is 41.9 Å². The van der Waals surface area contributed by atoms with E-state index in [-0.39, 0.29) is 156 Å². The molecule has 682 valence electrons. The first kappa shape index (κ1) is 100. The summed E-state index contributed by atoms with van der Waals surface area (Å²) in [6.45, 7) is 18.5. The number of nitriles is 1. The van der Waals surface area contributed by atoms with Crippen LogP contribution in [-0.4, -0.2) is 96.3 Å².